The van der Waals surface area contributed by atoms with Crippen LogP contribution in [0, 0.1) is 0 Å². The van der Waals surface area contributed by atoms with E-state index in [2.05, 4.69) is 46.7 Å². The molecule has 6 amide bonds. The lowest BCUT2D eigenvalue weighted by molar-refractivity contribution is -0.137. The van der Waals surface area contributed by atoms with Crippen molar-refractivity contribution in [3.8, 4) is 5.82 Å². The summed E-state index contributed by atoms with van der Waals surface area (Å²) < 4.78 is 19.7. The molecule has 0 spiro atoms. The SMILES string of the molecule is CO[C@@H](C)c1c(NC(=O)Nc2cnc(-n3cc(CNC(=O)CCOCCOCCNc4cccc5c4CN(C4CCC(=O)NC4=O)C5=O)cn3)c(Cl)c2)cnc2cc(Cl)nn12. The van der Waals surface area contributed by atoms with Crippen molar-refractivity contribution in [2.45, 2.75) is 51.4 Å². The van der Waals surface area contributed by atoms with Gasteiger partial charge in [0.2, 0.25) is 17.7 Å². The zero-order valence-corrected chi connectivity index (χ0v) is 34.6. The third-order valence-corrected chi connectivity index (χ3v) is 10.4. The lowest BCUT2D eigenvalue weighted by Gasteiger charge is -2.29. The van der Waals surface area contributed by atoms with Crippen LogP contribution in [0.2, 0.25) is 10.2 Å². The largest absolute Gasteiger partial charge is 0.382 e. The van der Waals surface area contributed by atoms with Gasteiger partial charge in [-0.3, -0.25) is 24.5 Å². The summed E-state index contributed by atoms with van der Waals surface area (Å²) in [6.07, 6.45) is 6.38. The van der Waals surface area contributed by atoms with E-state index in [0.29, 0.717) is 72.4 Å². The Hall–Kier alpha value is -6.19. The highest BCUT2D eigenvalue weighted by Crippen LogP contribution is 2.32. The minimum Gasteiger partial charge on any atom is -0.382 e. The summed E-state index contributed by atoms with van der Waals surface area (Å²) in [5.74, 6) is -0.895. The minimum absolute atomic E-state index is 0.147. The maximum Gasteiger partial charge on any atom is 0.323 e. The topological polar surface area (TPSA) is 237 Å². The molecule has 2 aliphatic rings. The number of carbonyl (C=O) groups excluding carboxylic acids is 5. The van der Waals surface area contributed by atoms with Gasteiger partial charge in [0.1, 0.15) is 6.04 Å². The van der Waals surface area contributed by atoms with Gasteiger partial charge in [-0.05, 0) is 31.5 Å². The molecule has 1 aromatic carbocycles. The first-order valence-corrected chi connectivity index (χ1v) is 20.0. The first kappa shape index (κ1) is 42.9. The van der Waals surface area contributed by atoms with Crippen LogP contribution >= 0.6 is 23.2 Å². The van der Waals surface area contributed by atoms with Crippen molar-refractivity contribution in [3.63, 3.8) is 0 Å². The van der Waals surface area contributed by atoms with E-state index in [0.717, 1.165) is 11.3 Å². The Labute approximate surface area is 358 Å². The van der Waals surface area contributed by atoms with Crippen molar-refractivity contribution in [2.24, 2.45) is 0 Å². The van der Waals surface area contributed by atoms with Gasteiger partial charge in [-0.2, -0.15) is 10.2 Å². The van der Waals surface area contributed by atoms with Gasteiger partial charge in [-0.1, -0.05) is 29.3 Å². The molecular weight excluding hydrogens is 835 g/mol. The highest BCUT2D eigenvalue weighted by Gasteiger charge is 2.39. The average molecular weight is 878 g/mol. The molecule has 0 bridgehead atoms. The molecule has 2 atom stereocenters. The summed E-state index contributed by atoms with van der Waals surface area (Å²) in [7, 11) is 1.54. The number of carbonyl (C=O) groups is 5. The molecule has 61 heavy (non-hydrogen) atoms. The number of rotatable bonds is 18. The monoisotopic (exact) mass is 876 g/mol. The summed E-state index contributed by atoms with van der Waals surface area (Å²) in [4.78, 5) is 72.5. The number of hydrogen-bond donors (Lipinski definition) is 5. The molecule has 320 valence electrons. The molecule has 6 heterocycles. The maximum absolute atomic E-state index is 13.0. The van der Waals surface area contributed by atoms with E-state index in [-0.39, 0.29) is 60.4 Å². The Kier molecular flexibility index (Phi) is 13.7. The highest BCUT2D eigenvalue weighted by atomic mass is 35.5. The molecule has 1 unspecified atom stereocenters. The number of anilines is 3. The number of benzene rings is 1. The summed E-state index contributed by atoms with van der Waals surface area (Å²) in [5, 5.41) is 22.9. The van der Waals surface area contributed by atoms with Gasteiger partial charge >= 0.3 is 6.03 Å². The van der Waals surface area contributed by atoms with Crippen LogP contribution in [0.4, 0.5) is 21.9 Å². The third-order valence-electron chi connectivity index (χ3n) is 9.89. The normalized spacial score (nSPS) is 15.4. The molecule has 0 radical (unpaired) electrons. The first-order valence-electron chi connectivity index (χ1n) is 19.3. The van der Waals surface area contributed by atoms with Crippen LogP contribution < -0.4 is 26.6 Å². The number of pyridine rings is 1. The molecule has 0 saturated carbocycles. The number of nitrogens with zero attached hydrogens (tertiary/aromatic N) is 7. The number of amides is 6. The number of fused-ring (bicyclic) bond motifs is 2. The molecule has 1 fully saturated rings. The maximum atomic E-state index is 13.0. The fraction of sp³-hybridized carbons (Fsp3) is 0.359. The molecule has 22 heteroatoms. The zero-order chi connectivity index (χ0) is 43.0. The Morgan fingerprint density at radius 1 is 1.00 bits per heavy atom. The number of piperidine rings is 1. The molecule has 1 saturated heterocycles. The second-order valence-corrected chi connectivity index (χ2v) is 14.8. The van der Waals surface area contributed by atoms with Crippen LogP contribution in [0.5, 0.6) is 0 Å². The Bertz CT molecular complexity index is 2460. The van der Waals surface area contributed by atoms with Crippen molar-refractivity contribution >= 4 is 75.6 Å². The summed E-state index contributed by atoms with van der Waals surface area (Å²) >= 11 is 12.6. The molecule has 5 aromatic rings. The van der Waals surface area contributed by atoms with Crippen LogP contribution in [0.15, 0.2) is 55.1 Å². The predicted octanol–water partition coefficient (Wildman–Crippen LogP) is 3.88. The fourth-order valence-corrected chi connectivity index (χ4v) is 7.25. The molecule has 0 aliphatic carbocycles. The van der Waals surface area contributed by atoms with E-state index < -0.39 is 24.1 Å². The Morgan fingerprint density at radius 2 is 1.82 bits per heavy atom. The molecule has 4 aromatic heterocycles. The average Bonchev–Trinajstić information content (AvgIpc) is 3.96. The van der Waals surface area contributed by atoms with Crippen LogP contribution in [-0.4, -0.2) is 110 Å². The molecule has 20 nitrogen and oxygen atoms in total. The molecule has 7 rings (SSSR count). The van der Waals surface area contributed by atoms with Gasteiger partial charge < -0.3 is 40.4 Å². The van der Waals surface area contributed by atoms with E-state index in [1.807, 2.05) is 6.07 Å². The number of hydrogen-bond acceptors (Lipinski definition) is 13. The third kappa shape index (κ3) is 10.2. The van der Waals surface area contributed by atoms with E-state index in [4.69, 9.17) is 37.4 Å². The van der Waals surface area contributed by atoms with E-state index in [1.165, 1.54) is 39.7 Å². The minimum atomic E-state index is -0.675. The number of aromatic nitrogens is 6. The predicted molar refractivity (Wildman–Crippen MR) is 222 cm³/mol. The number of urea groups is 1. The highest BCUT2D eigenvalue weighted by molar-refractivity contribution is 6.32. The number of methoxy groups -OCH3 is 1. The van der Waals surface area contributed by atoms with Crippen molar-refractivity contribution < 1.29 is 38.2 Å². The lowest BCUT2D eigenvalue weighted by atomic mass is 10.0. The summed E-state index contributed by atoms with van der Waals surface area (Å²) in [5.41, 5.74) is 4.55. The van der Waals surface area contributed by atoms with Gasteiger partial charge in [-0.25, -0.2) is 24.0 Å². The van der Waals surface area contributed by atoms with E-state index >= 15 is 0 Å². The van der Waals surface area contributed by atoms with E-state index in [9.17, 15) is 24.0 Å². The van der Waals surface area contributed by atoms with Crippen LogP contribution in [0.25, 0.3) is 11.5 Å². The van der Waals surface area contributed by atoms with Crippen molar-refractivity contribution in [3.05, 3.63) is 87.7 Å². The van der Waals surface area contributed by atoms with Gasteiger partial charge in [0.15, 0.2) is 16.6 Å². The number of halogens is 2. The van der Waals surface area contributed by atoms with Gasteiger partial charge in [-0.15, -0.1) is 0 Å². The number of imide groups is 1. The smallest absolute Gasteiger partial charge is 0.323 e. The first-order chi connectivity index (χ1) is 29.5. The Balaban J connectivity index is 0.780. The van der Waals surface area contributed by atoms with Crippen molar-refractivity contribution in [1.29, 1.82) is 0 Å². The van der Waals surface area contributed by atoms with Crippen molar-refractivity contribution in [1.82, 2.24) is 44.9 Å². The summed E-state index contributed by atoms with van der Waals surface area (Å²) in [6, 6.07) is 7.26. The van der Waals surface area contributed by atoms with Crippen LogP contribution in [-0.2, 0) is 41.7 Å². The lowest BCUT2D eigenvalue weighted by Crippen LogP contribution is -2.52. The summed E-state index contributed by atoms with van der Waals surface area (Å²) in [6.45, 7) is 3.97. The van der Waals surface area contributed by atoms with Gasteiger partial charge in [0.05, 0.1) is 73.2 Å². The van der Waals surface area contributed by atoms with E-state index in [1.54, 1.807) is 37.5 Å². The number of ether oxygens (including phenoxy) is 3. The van der Waals surface area contributed by atoms with Gasteiger partial charge in [0.25, 0.3) is 5.91 Å². The van der Waals surface area contributed by atoms with Crippen LogP contribution in [0.3, 0.4) is 0 Å². The molecular formula is C39H42Cl2N12O8. The quantitative estimate of drug-likeness (QED) is 0.0622. The second-order valence-electron chi connectivity index (χ2n) is 14.0. The standard InChI is InChI=1S/C39H42Cl2N12O8/c1-22(59-2)35-29(19-43-32-15-31(41)50-53(32)35)48-39(58)47-24-14-27(40)36(45-18-24)52-20-23(17-46-52)16-44-33(54)8-10-60-12-13-61-11-9-42-28-5-3-4-25-26(28)21-51(38(25)57)30-6-7-34(55)49-37(30)56/h3-5,14-15,17-20,22,30,42H,6-13,16,21H2,1-2H3,(H,44,54)(H2,47,48,58)(H,49,55,56)/t22-,30?/m0/s1. The van der Waals surface area contributed by atoms with Crippen LogP contribution in [0.1, 0.15) is 59.5 Å². The molecule has 2 aliphatic heterocycles. The zero-order valence-electron chi connectivity index (χ0n) is 33.1. The van der Waals surface area contributed by atoms with Crippen molar-refractivity contribution in [2.75, 3.05) is 56.0 Å². The fourth-order valence-electron chi connectivity index (χ4n) is 6.83. The Morgan fingerprint density at radius 3 is 2.61 bits per heavy atom. The van der Waals surface area contributed by atoms with Gasteiger partial charge in [0, 0.05) is 74.2 Å². The molecule has 5 N–H and O–H groups in total. The number of nitrogens with one attached hydrogen (secondary N) is 5. The second kappa shape index (κ2) is 19.5.